The summed E-state index contributed by atoms with van der Waals surface area (Å²) in [6.07, 6.45) is 2.52. The Kier molecular flexibility index (Phi) is 3.57. The van der Waals surface area contributed by atoms with Crippen LogP contribution in [0, 0.1) is 0 Å². The summed E-state index contributed by atoms with van der Waals surface area (Å²) in [6, 6.07) is 6.02. The van der Waals surface area contributed by atoms with Crippen LogP contribution >= 0.6 is 11.8 Å². The maximum absolute atomic E-state index is 12.1. The Bertz CT molecular complexity index is 455. The van der Waals surface area contributed by atoms with Gasteiger partial charge >= 0.3 is 0 Å². The summed E-state index contributed by atoms with van der Waals surface area (Å²) >= 11 is 1.97. The summed E-state index contributed by atoms with van der Waals surface area (Å²) in [6.45, 7) is 2.61. The van der Waals surface area contributed by atoms with Crippen molar-refractivity contribution in [2.45, 2.75) is 31.2 Å². The van der Waals surface area contributed by atoms with E-state index in [1.165, 1.54) is 29.7 Å². The first-order chi connectivity index (χ1) is 8.83. The molecule has 0 aromatic heterocycles. The minimum Gasteiger partial charge on any atom is -0.351 e. The predicted octanol–water partition coefficient (Wildman–Crippen LogP) is 1.92. The highest BCUT2D eigenvalue weighted by Gasteiger charge is 2.17. The molecule has 0 aliphatic carbocycles. The van der Waals surface area contributed by atoms with E-state index >= 15 is 0 Å². The van der Waals surface area contributed by atoms with Crippen LogP contribution in [0.15, 0.2) is 18.2 Å². The fourth-order valence-corrected chi connectivity index (χ4v) is 3.75. The van der Waals surface area contributed by atoms with E-state index in [0.29, 0.717) is 5.25 Å². The Morgan fingerprint density at radius 3 is 3.11 bits per heavy atom. The average Bonchev–Trinajstić information content (AvgIpc) is 3.05. The van der Waals surface area contributed by atoms with E-state index in [2.05, 4.69) is 16.7 Å². The number of benzene rings is 1. The number of fused-ring (bicyclic) bond motifs is 1. The smallest absolute Gasteiger partial charge is 0.251 e. The molecule has 4 heteroatoms. The number of thioether (sulfide) groups is 1. The van der Waals surface area contributed by atoms with Gasteiger partial charge in [0.05, 0.1) is 0 Å². The number of rotatable bonds is 3. The highest BCUT2D eigenvalue weighted by molar-refractivity contribution is 8.00. The number of amides is 1. The zero-order valence-corrected chi connectivity index (χ0v) is 11.2. The van der Waals surface area contributed by atoms with Crippen molar-refractivity contribution in [2.75, 3.05) is 12.3 Å². The van der Waals surface area contributed by atoms with Crippen LogP contribution in [0.2, 0.25) is 0 Å². The fraction of sp³-hybridized carbons (Fsp3) is 0.500. The highest BCUT2D eigenvalue weighted by Crippen LogP contribution is 2.25. The van der Waals surface area contributed by atoms with Crippen LogP contribution in [0.1, 0.15) is 34.3 Å². The first-order valence-electron chi connectivity index (χ1n) is 6.55. The molecule has 2 heterocycles. The van der Waals surface area contributed by atoms with Crippen LogP contribution in [0.4, 0.5) is 0 Å². The molecule has 0 radical (unpaired) electrons. The Hall–Kier alpha value is -1.00. The molecule has 0 saturated carbocycles. The van der Waals surface area contributed by atoms with Gasteiger partial charge in [-0.05, 0) is 41.9 Å². The zero-order valence-electron chi connectivity index (χ0n) is 10.4. The van der Waals surface area contributed by atoms with E-state index in [4.69, 9.17) is 0 Å². The van der Waals surface area contributed by atoms with Crippen LogP contribution in [0.5, 0.6) is 0 Å². The summed E-state index contributed by atoms with van der Waals surface area (Å²) in [5.41, 5.74) is 3.37. The van der Waals surface area contributed by atoms with Crippen LogP contribution in [0.25, 0.3) is 0 Å². The number of nitrogens with one attached hydrogen (secondary N) is 2. The van der Waals surface area contributed by atoms with Crippen molar-refractivity contribution in [3.05, 3.63) is 34.9 Å². The number of carbonyl (C=O) groups excluding carboxylic acids is 1. The maximum atomic E-state index is 12.1. The fourth-order valence-electron chi connectivity index (χ4n) is 2.55. The van der Waals surface area contributed by atoms with Gasteiger partial charge in [0.25, 0.3) is 5.91 Å². The van der Waals surface area contributed by atoms with Gasteiger partial charge in [-0.3, -0.25) is 4.79 Å². The lowest BCUT2D eigenvalue weighted by molar-refractivity contribution is 0.0953. The second-order valence-electron chi connectivity index (χ2n) is 4.93. The number of carbonyl (C=O) groups is 1. The normalized spacial score (nSPS) is 21.9. The molecule has 2 N–H and O–H groups in total. The minimum absolute atomic E-state index is 0.0669. The van der Waals surface area contributed by atoms with Gasteiger partial charge < -0.3 is 10.6 Å². The van der Waals surface area contributed by atoms with Gasteiger partial charge in [0.15, 0.2) is 0 Å². The lowest BCUT2D eigenvalue weighted by Gasteiger charge is -2.10. The maximum Gasteiger partial charge on any atom is 0.251 e. The Labute approximate surface area is 112 Å². The molecule has 3 rings (SSSR count). The van der Waals surface area contributed by atoms with Gasteiger partial charge in [-0.1, -0.05) is 6.07 Å². The summed E-state index contributed by atoms with van der Waals surface area (Å²) in [5, 5.41) is 6.96. The summed E-state index contributed by atoms with van der Waals surface area (Å²) < 4.78 is 0. The second kappa shape index (κ2) is 5.33. The molecule has 96 valence electrons. The quantitative estimate of drug-likeness (QED) is 0.874. The molecule has 1 unspecified atom stereocenters. The molecule has 0 bridgehead atoms. The van der Waals surface area contributed by atoms with Crippen molar-refractivity contribution in [3.63, 3.8) is 0 Å². The van der Waals surface area contributed by atoms with Crippen molar-refractivity contribution in [1.82, 2.24) is 10.6 Å². The largest absolute Gasteiger partial charge is 0.351 e. The standard InChI is InChI=1S/C14H18N2OS/c17-14(16-9-13-2-1-5-18-13)10-3-4-11-7-15-8-12(11)6-10/h3-4,6,13,15H,1-2,5,7-9H2,(H,16,17). The summed E-state index contributed by atoms with van der Waals surface area (Å²) in [7, 11) is 0. The van der Waals surface area contributed by atoms with Crippen molar-refractivity contribution < 1.29 is 4.79 Å². The Balaban J connectivity index is 1.61. The van der Waals surface area contributed by atoms with Crippen LogP contribution in [-0.2, 0) is 13.1 Å². The average molecular weight is 262 g/mol. The molecule has 1 fully saturated rings. The molecular formula is C14H18N2OS. The van der Waals surface area contributed by atoms with E-state index in [1.807, 2.05) is 23.9 Å². The molecule has 1 aromatic carbocycles. The van der Waals surface area contributed by atoms with Gasteiger partial charge in [0.1, 0.15) is 0 Å². The monoisotopic (exact) mass is 262 g/mol. The SMILES string of the molecule is O=C(NCC1CCCS1)c1ccc2c(c1)CNC2. The third-order valence-corrected chi connectivity index (χ3v) is 5.01. The van der Waals surface area contributed by atoms with Crippen molar-refractivity contribution >= 4 is 17.7 Å². The van der Waals surface area contributed by atoms with E-state index < -0.39 is 0 Å². The molecule has 1 saturated heterocycles. The molecule has 18 heavy (non-hydrogen) atoms. The van der Waals surface area contributed by atoms with Crippen molar-refractivity contribution in [2.24, 2.45) is 0 Å². The Morgan fingerprint density at radius 1 is 1.39 bits per heavy atom. The van der Waals surface area contributed by atoms with Gasteiger partial charge in [-0.15, -0.1) is 0 Å². The van der Waals surface area contributed by atoms with Gasteiger partial charge in [-0.25, -0.2) is 0 Å². The van der Waals surface area contributed by atoms with Crippen molar-refractivity contribution in [3.8, 4) is 0 Å². The summed E-state index contributed by atoms with van der Waals surface area (Å²) in [5.74, 6) is 1.31. The molecule has 1 aromatic rings. The van der Waals surface area contributed by atoms with Crippen molar-refractivity contribution in [1.29, 1.82) is 0 Å². The van der Waals surface area contributed by atoms with Gasteiger partial charge in [-0.2, -0.15) is 11.8 Å². The Morgan fingerprint density at radius 2 is 2.28 bits per heavy atom. The third kappa shape index (κ3) is 2.54. The molecule has 2 aliphatic rings. The van der Waals surface area contributed by atoms with E-state index in [1.54, 1.807) is 0 Å². The molecule has 2 aliphatic heterocycles. The lowest BCUT2D eigenvalue weighted by Crippen LogP contribution is -2.29. The highest BCUT2D eigenvalue weighted by atomic mass is 32.2. The van der Waals surface area contributed by atoms with Gasteiger partial charge in [0, 0.05) is 30.4 Å². The second-order valence-corrected chi connectivity index (χ2v) is 6.34. The number of hydrogen-bond acceptors (Lipinski definition) is 3. The van der Waals surface area contributed by atoms with E-state index in [0.717, 1.165) is 25.2 Å². The molecule has 3 nitrogen and oxygen atoms in total. The van der Waals surface area contributed by atoms with E-state index in [-0.39, 0.29) is 5.91 Å². The first-order valence-corrected chi connectivity index (χ1v) is 7.60. The number of hydrogen-bond donors (Lipinski definition) is 2. The topological polar surface area (TPSA) is 41.1 Å². The summed E-state index contributed by atoms with van der Waals surface area (Å²) in [4.78, 5) is 12.1. The van der Waals surface area contributed by atoms with Crippen LogP contribution in [0.3, 0.4) is 0 Å². The molecule has 1 atom stereocenters. The lowest BCUT2D eigenvalue weighted by atomic mass is 10.1. The van der Waals surface area contributed by atoms with E-state index in [9.17, 15) is 4.79 Å². The van der Waals surface area contributed by atoms with Crippen LogP contribution in [-0.4, -0.2) is 23.5 Å². The molecule has 1 amide bonds. The molecule has 0 spiro atoms. The molecular weight excluding hydrogens is 244 g/mol. The van der Waals surface area contributed by atoms with Crippen LogP contribution < -0.4 is 10.6 Å². The van der Waals surface area contributed by atoms with Gasteiger partial charge in [0.2, 0.25) is 0 Å². The first kappa shape index (κ1) is 12.1. The minimum atomic E-state index is 0.0669. The third-order valence-electron chi connectivity index (χ3n) is 3.61. The predicted molar refractivity (Wildman–Crippen MR) is 74.8 cm³/mol. The zero-order chi connectivity index (χ0) is 12.4.